The fraction of sp³-hybridized carbons (Fsp3) is 0.818. The molecular weight excluding hydrogens is 254 g/mol. The molecule has 0 N–H and O–H groups in total. The molecule has 0 fully saturated rings. The molecule has 1 aromatic rings. The molecular formula is C11H20BrN3. The first-order chi connectivity index (χ1) is 7.06. The molecule has 2 atom stereocenters. The zero-order valence-electron chi connectivity index (χ0n) is 9.94. The zero-order valence-corrected chi connectivity index (χ0v) is 11.5. The first-order valence-electron chi connectivity index (χ1n) is 5.58. The van der Waals surface area contributed by atoms with Gasteiger partial charge in [0.15, 0.2) is 0 Å². The molecule has 15 heavy (non-hydrogen) atoms. The highest BCUT2D eigenvalue weighted by Crippen LogP contribution is 2.21. The Morgan fingerprint density at radius 1 is 1.40 bits per heavy atom. The first-order valence-corrected chi connectivity index (χ1v) is 6.50. The third kappa shape index (κ3) is 3.30. The van der Waals surface area contributed by atoms with E-state index in [1.165, 1.54) is 0 Å². The normalized spacial score (nSPS) is 15.6. The van der Waals surface area contributed by atoms with E-state index in [9.17, 15) is 0 Å². The number of rotatable bonds is 5. The summed E-state index contributed by atoms with van der Waals surface area (Å²) in [5.74, 6) is 1.73. The van der Waals surface area contributed by atoms with Crippen LogP contribution in [0.5, 0.6) is 0 Å². The van der Waals surface area contributed by atoms with Gasteiger partial charge >= 0.3 is 0 Å². The predicted molar refractivity (Wildman–Crippen MR) is 66.3 cm³/mol. The molecule has 0 aromatic carbocycles. The van der Waals surface area contributed by atoms with Gasteiger partial charge in [-0.2, -0.15) is 5.10 Å². The molecule has 2 unspecified atom stereocenters. The van der Waals surface area contributed by atoms with E-state index < -0.39 is 0 Å². The summed E-state index contributed by atoms with van der Waals surface area (Å²) >= 11 is 3.65. The van der Waals surface area contributed by atoms with Crippen LogP contribution in [-0.4, -0.2) is 19.6 Å². The molecule has 0 aliphatic carbocycles. The van der Waals surface area contributed by atoms with Gasteiger partial charge in [-0.05, 0) is 19.8 Å². The largest absolute Gasteiger partial charge is 0.248 e. The van der Waals surface area contributed by atoms with Crippen molar-refractivity contribution >= 4 is 15.9 Å². The molecule has 4 heteroatoms. The van der Waals surface area contributed by atoms with Crippen molar-refractivity contribution in [2.24, 2.45) is 5.92 Å². The maximum atomic E-state index is 4.34. The minimum atomic E-state index is 0.394. The summed E-state index contributed by atoms with van der Waals surface area (Å²) in [6.45, 7) is 8.69. The summed E-state index contributed by atoms with van der Waals surface area (Å²) in [4.78, 5) is 4.87. The number of aromatic nitrogens is 3. The lowest BCUT2D eigenvalue weighted by molar-refractivity contribution is 0.446. The summed E-state index contributed by atoms with van der Waals surface area (Å²) in [5.41, 5.74) is 0. The van der Waals surface area contributed by atoms with Crippen molar-refractivity contribution in [3.8, 4) is 0 Å². The average molecular weight is 274 g/mol. The SMILES string of the molecule is CCC(Cc1ncnn1C(C)C)C(C)Br. The van der Waals surface area contributed by atoms with Gasteiger partial charge in [0.05, 0.1) is 0 Å². The number of hydrogen-bond acceptors (Lipinski definition) is 2. The molecule has 0 saturated carbocycles. The third-order valence-corrected chi connectivity index (χ3v) is 3.50. The summed E-state index contributed by atoms with van der Waals surface area (Å²) in [7, 11) is 0. The van der Waals surface area contributed by atoms with Gasteiger partial charge < -0.3 is 0 Å². The minimum absolute atomic E-state index is 0.394. The second-order valence-corrected chi connectivity index (χ2v) is 5.71. The van der Waals surface area contributed by atoms with Crippen molar-refractivity contribution in [2.75, 3.05) is 0 Å². The first kappa shape index (κ1) is 12.7. The van der Waals surface area contributed by atoms with Crippen LogP contribution < -0.4 is 0 Å². The lowest BCUT2D eigenvalue weighted by Crippen LogP contribution is -2.17. The number of halogens is 1. The van der Waals surface area contributed by atoms with E-state index in [4.69, 9.17) is 0 Å². The van der Waals surface area contributed by atoms with Crippen LogP contribution in [-0.2, 0) is 6.42 Å². The van der Waals surface area contributed by atoms with Crippen molar-refractivity contribution in [3.63, 3.8) is 0 Å². The molecule has 86 valence electrons. The van der Waals surface area contributed by atoms with E-state index in [1.54, 1.807) is 6.33 Å². The molecule has 0 amide bonds. The summed E-state index contributed by atoms with van der Waals surface area (Å²) in [6, 6.07) is 0.394. The highest BCUT2D eigenvalue weighted by atomic mass is 79.9. The summed E-state index contributed by atoms with van der Waals surface area (Å²) in [5, 5.41) is 4.25. The molecule has 0 aliphatic heterocycles. The van der Waals surface area contributed by atoms with Crippen molar-refractivity contribution in [1.82, 2.24) is 14.8 Å². The van der Waals surface area contributed by atoms with E-state index in [2.05, 4.69) is 53.7 Å². The monoisotopic (exact) mass is 273 g/mol. The van der Waals surface area contributed by atoms with E-state index in [0.29, 0.717) is 16.8 Å². The Morgan fingerprint density at radius 3 is 2.53 bits per heavy atom. The lowest BCUT2D eigenvalue weighted by Gasteiger charge is -2.18. The van der Waals surface area contributed by atoms with E-state index in [-0.39, 0.29) is 0 Å². The molecule has 1 rings (SSSR count). The van der Waals surface area contributed by atoms with Gasteiger partial charge in [-0.15, -0.1) is 0 Å². The molecule has 0 bridgehead atoms. The van der Waals surface area contributed by atoms with Crippen LogP contribution in [0.3, 0.4) is 0 Å². The Bertz CT molecular complexity index is 294. The van der Waals surface area contributed by atoms with Crippen LogP contribution in [0.1, 0.15) is 46.0 Å². The van der Waals surface area contributed by atoms with Crippen molar-refractivity contribution in [2.45, 2.75) is 51.4 Å². The number of nitrogens with zero attached hydrogens (tertiary/aromatic N) is 3. The Balaban J connectivity index is 2.74. The second-order valence-electron chi connectivity index (χ2n) is 4.26. The Kier molecular flexibility index (Phi) is 4.77. The van der Waals surface area contributed by atoms with Crippen molar-refractivity contribution in [3.05, 3.63) is 12.2 Å². The predicted octanol–water partition coefficient (Wildman–Crippen LogP) is 3.21. The third-order valence-electron chi connectivity index (χ3n) is 2.76. The molecule has 1 heterocycles. The number of alkyl halides is 1. The molecule has 0 saturated heterocycles. The number of hydrogen-bond donors (Lipinski definition) is 0. The van der Waals surface area contributed by atoms with Crippen LogP contribution in [0, 0.1) is 5.92 Å². The molecule has 0 spiro atoms. The molecule has 3 nitrogen and oxygen atoms in total. The van der Waals surface area contributed by atoms with Crippen LogP contribution in [0.2, 0.25) is 0 Å². The maximum absolute atomic E-state index is 4.34. The van der Waals surface area contributed by atoms with Gasteiger partial charge in [-0.1, -0.05) is 36.2 Å². The van der Waals surface area contributed by atoms with E-state index in [0.717, 1.165) is 18.7 Å². The molecule has 1 aromatic heterocycles. The molecule has 0 aliphatic rings. The van der Waals surface area contributed by atoms with Gasteiger partial charge in [0, 0.05) is 17.3 Å². The topological polar surface area (TPSA) is 30.7 Å². The highest BCUT2D eigenvalue weighted by molar-refractivity contribution is 9.09. The molecule has 0 radical (unpaired) electrons. The van der Waals surface area contributed by atoms with Gasteiger partial charge in [-0.25, -0.2) is 9.67 Å². The standard InChI is InChI=1S/C11H20BrN3/c1-5-10(9(4)12)6-11-13-7-14-15(11)8(2)3/h7-10H,5-6H2,1-4H3. The van der Waals surface area contributed by atoms with Gasteiger partial charge in [0.2, 0.25) is 0 Å². The lowest BCUT2D eigenvalue weighted by atomic mass is 9.99. The Morgan fingerprint density at radius 2 is 2.07 bits per heavy atom. The van der Waals surface area contributed by atoms with E-state index >= 15 is 0 Å². The van der Waals surface area contributed by atoms with Crippen LogP contribution in [0.15, 0.2) is 6.33 Å². The second kappa shape index (κ2) is 5.64. The zero-order chi connectivity index (χ0) is 11.4. The highest BCUT2D eigenvalue weighted by Gasteiger charge is 2.17. The average Bonchev–Trinajstić information content (AvgIpc) is 2.61. The minimum Gasteiger partial charge on any atom is -0.248 e. The summed E-state index contributed by atoms with van der Waals surface area (Å²) < 4.78 is 2.01. The quantitative estimate of drug-likeness (QED) is 0.772. The fourth-order valence-electron chi connectivity index (χ4n) is 1.72. The van der Waals surface area contributed by atoms with Crippen LogP contribution >= 0.6 is 15.9 Å². The van der Waals surface area contributed by atoms with Gasteiger partial charge in [0.25, 0.3) is 0 Å². The van der Waals surface area contributed by atoms with Crippen LogP contribution in [0.25, 0.3) is 0 Å². The Labute approximate surface area is 100 Å². The van der Waals surface area contributed by atoms with E-state index in [1.807, 2.05) is 4.68 Å². The van der Waals surface area contributed by atoms with Gasteiger partial charge in [-0.3, -0.25) is 0 Å². The van der Waals surface area contributed by atoms with Crippen molar-refractivity contribution < 1.29 is 0 Å². The smallest absolute Gasteiger partial charge is 0.138 e. The van der Waals surface area contributed by atoms with Crippen molar-refractivity contribution in [1.29, 1.82) is 0 Å². The summed E-state index contributed by atoms with van der Waals surface area (Å²) in [6.07, 6.45) is 3.82. The van der Waals surface area contributed by atoms with Crippen LogP contribution in [0.4, 0.5) is 0 Å². The van der Waals surface area contributed by atoms with Gasteiger partial charge in [0.1, 0.15) is 12.2 Å². The fourth-order valence-corrected chi connectivity index (χ4v) is 2.28. The Hall–Kier alpha value is -0.380. The maximum Gasteiger partial charge on any atom is 0.138 e.